The minimum Gasteiger partial charge on any atom is -0.476 e. The van der Waals surface area contributed by atoms with Crippen LogP contribution in [0.1, 0.15) is 31.4 Å². The van der Waals surface area contributed by atoms with Gasteiger partial charge in [-0.3, -0.25) is 4.57 Å². The standard InChI is InChI=1S/C17H20Cl2N2O2/c1-3-4-9-22-17(15-6-5-14(18)10-16(15)19)11-23-13(2)21-8-7-20-12-21/h5-8,10,12,17H,2-4,9,11H2,1H3. The van der Waals surface area contributed by atoms with Crippen molar-refractivity contribution in [3.63, 3.8) is 0 Å². The Morgan fingerprint density at radius 2 is 2.22 bits per heavy atom. The van der Waals surface area contributed by atoms with E-state index >= 15 is 0 Å². The van der Waals surface area contributed by atoms with E-state index in [4.69, 9.17) is 32.7 Å². The molecule has 1 aromatic carbocycles. The summed E-state index contributed by atoms with van der Waals surface area (Å²) in [6.45, 7) is 6.95. The Morgan fingerprint density at radius 3 is 2.87 bits per heavy atom. The van der Waals surface area contributed by atoms with Gasteiger partial charge >= 0.3 is 0 Å². The molecular formula is C17H20Cl2N2O2. The van der Waals surface area contributed by atoms with Crippen molar-refractivity contribution in [1.82, 2.24) is 9.55 Å². The molecule has 4 nitrogen and oxygen atoms in total. The zero-order valence-electron chi connectivity index (χ0n) is 13.0. The van der Waals surface area contributed by atoms with E-state index in [9.17, 15) is 0 Å². The Hall–Kier alpha value is -1.49. The normalized spacial score (nSPS) is 12.1. The molecule has 1 unspecified atom stereocenters. The summed E-state index contributed by atoms with van der Waals surface area (Å²) in [4.78, 5) is 3.97. The molecule has 23 heavy (non-hydrogen) atoms. The molecule has 2 aromatic rings. The Morgan fingerprint density at radius 1 is 1.39 bits per heavy atom. The number of nitrogens with zero attached hydrogens (tertiary/aromatic N) is 2. The lowest BCUT2D eigenvalue weighted by atomic mass is 10.1. The van der Waals surface area contributed by atoms with Crippen LogP contribution in [-0.4, -0.2) is 22.8 Å². The van der Waals surface area contributed by atoms with E-state index in [0.29, 0.717) is 29.1 Å². The summed E-state index contributed by atoms with van der Waals surface area (Å²) in [5.41, 5.74) is 0.852. The minimum atomic E-state index is -0.286. The summed E-state index contributed by atoms with van der Waals surface area (Å²) in [6.07, 6.45) is 6.81. The Labute approximate surface area is 146 Å². The summed E-state index contributed by atoms with van der Waals surface area (Å²) in [5.74, 6) is 0.483. The van der Waals surface area contributed by atoms with E-state index in [-0.39, 0.29) is 6.10 Å². The molecule has 124 valence electrons. The summed E-state index contributed by atoms with van der Waals surface area (Å²) in [7, 11) is 0. The van der Waals surface area contributed by atoms with Crippen molar-refractivity contribution in [3.05, 3.63) is 59.1 Å². The summed E-state index contributed by atoms with van der Waals surface area (Å²) in [6, 6.07) is 5.37. The topological polar surface area (TPSA) is 36.3 Å². The average Bonchev–Trinajstić information content (AvgIpc) is 3.05. The highest BCUT2D eigenvalue weighted by Gasteiger charge is 2.17. The van der Waals surface area contributed by atoms with Crippen LogP contribution >= 0.6 is 23.2 Å². The second-order valence-electron chi connectivity index (χ2n) is 5.05. The van der Waals surface area contributed by atoms with Crippen LogP contribution in [0.4, 0.5) is 0 Å². The van der Waals surface area contributed by atoms with Gasteiger partial charge in [-0.2, -0.15) is 0 Å². The van der Waals surface area contributed by atoms with E-state index < -0.39 is 0 Å². The van der Waals surface area contributed by atoms with Crippen LogP contribution in [0.3, 0.4) is 0 Å². The molecule has 0 amide bonds. The van der Waals surface area contributed by atoms with Gasteiger partial charge < -0.3 is 9.47 Å². The summed E-state index contributed by atoms with van der Waals surface area (Å²) >= 11 is 12.3. The van der Waals surface area contributed by atoms with Gasteiger partial charge in [0, 0.05) is 34.6 Å². The first-order valence-electron chi connectivity index (χ1n) is 7.48. The van der Waals surface area contributed by atoms with Crippen LogP contribution in [0.25, 0.3) is 5.88 Å². The van der Waals surface area contributed by atoms with E-state index in [1.807, 2.05) is 6.07 Å². The minimum absolute atomic E-state index is 0.286. The van der Waals surface area contributed by atoms with Crippen LogP contribution in [0.15, 0.2) is 43.5 Å². The quantitative estimate of drug-likeness (QED) is 0.459. The van der Waals surface area contributed by atoms with E-state index in [2.05, 4.69) is 18.5 Å². The number of halogens is 2. The van der Waals surface area contributed by atoms with Crippen molar-refractivity contribution in [2.45, 2.75) is 25.9 Å². The van der Waals surface area contributed by atoms with Gasteiger partial charge in [0.15, 0.2) is 5.88 Å². The first-order chi connectivity index (χ1) is 11.1. The van der Waals surface area contributed by atoms with Gasteiger partial charge in [-0.15, -0.1) is 0 Å². The van der Waals surface area contributed by atoms with Gasteiger partial charge in [-0.1, -0.05) is 42.6 Å². The number of hydrogen-bond donors (Lipinski definition) is 0. The van der Waals surface area contributed by atoms with Crippen LogP contribution in [0.2, 0.25) is 10.0 Å². The predicted octanol–water partition coefficient (Wildman–Crippen LogP) is 5.19. The number of unbranched alkanes of at least 4 members (excludes halogenated alkanes) is 1. The number of hydrogen-bond acceptors (Lipinski definition) is 3. The smallest absolute Gasteiger partial charge is 0.191 e. The monoisotopic (exact) mass is 354 g/mol. The van der Waals surface area contributed by atoms with Crippen LogP contribution in [0, 0.1) is 0 Å². The first-order valence-corrected chi connectivity index (χ1v) is 8.24. The van der Waals surface area contributed by atoms with Gasteiger partial charge in [0.1, 0.15) is 19.0 Å². The van der Waals surface area contributed by atoms with Crippen LogP contribution in [0.5, 0.6) is 0 Å². The Bertz CT molecular complexity index is 630. The zero-order chi connectivity index (χ0) is 16.7. The molecule has 1 aromatic heterocycles. The Balaban J connectivity index is 2.05. The number of ether oxygens (including phenoxy) is 2. The fourth-order valence-corrected chi connectivity index (χ4v) is 2.54. The molecule has 1 heterocycles. The lowest BCUT2D eigenvalue weighted by Gasteiger charge is -2.21. The highest BCUT2D eigenvalue weighted by Crippen LogP contribution is 2.29. The third-order valence-electron chi connectivity index (χ3n) is 3.32. The maximum atomic E-state index is 6.29. The second-order valence-corrected chi connectivity index (χ2v) is 5.90. The molecule has 0 aliphatic carbocycles. The van der Waals surface area contributed by atoms with Crippen molar-refractivity contribution in [3.8, 4) is 0 Å². The molecule has 0 saturated carbocycles. The highest BCUT2D eigenvalue weighted by atomic mass is 35.5. The molecule has 0 fully saturated rings. The zero-order valence-corrected chi connectivity index (χ0v) is 14.6. The highest BCUT2D eigenvalue weighted by molar-refractivity contribution is 6.35. The summed E-state index contributed by atoms with van der Waals surface area (Å²) < 4.78 is 13.4. The molecule has 0 bridgehead atoms. The fourth-order valence-electron chi connectivity index (χ4n) is 2.01. The molecule has 2 rings (SSSR count). The molecule has 0 radical (unpaired) electrons. The number of benzene rings is 1. The maximum absolute atomic E-state index is 6.29. The van der Waals surface area contributed by atoms with Gasteiger partial charge in [0.2, 0.25) is 0 Å². The van der Waals surface area contributed by atoms with Crippen molar-refractivity contribution in [2.24, 2.45) is 0 Å². The summed E-state index contributed by atoms with van der Waals surface area (Å²) in [5, 5.41) is 1.16. The van der Waals surface area contributed by atoms with Crippen molar-refractivity contribution in [1.29, 1.82) is 0 Å². The molecule has 6 heteroatoms. The number of imidazole rings is 1. The molecular weight excluding hydrogens is 335 g/mol. The fraction of sp³-hybridized carbons (Fsp3) is 0.353. The maximum Gasteiger partial charge on any atom is 0.191 e. The Kier molecular flexibility index (Phi) is 6.96. The lowest BCUT2D eigenvalue weighted by Crippen LogP contribution is -2.14. The average molecular weight is 355 g/mol. The first kappa shape index (κ1) is 17.9. The third-order valence-corrected chi connectivity index (χ3v) is 3.88. The van der Waals surface area contributed by atoms with Gasteiger partial charge in [0.25, 0.3) is 0 Å². The molecule has 0 aliphatic rings. The predicted molar refractivity (Wildman–Crippen MR) is 93.6 cm³/mol. The molecule has 0 spiro atoms. The second kappa shape index (κ2) is 8.96. The molecule has 0 N–H and O–H groups in total. The van der Waals surface area contributed by atoms with Gasteiger partial charge in [-0.05, 0) is 25.1 Å². The van der Waals surface area contributed by atoms with Crippen molar-refractivity contribution >= 4 is 29.1 Å². The van der Waals surface area contributed by atoms with Gasteiger partial charge in [0.05, 0.1) is 0 Å². The van der Waals surface area contributed by atoms with E-state index in [1.54, 1.807) is 35.4 Å². The number of rotatable bonds is 9. The van der Waals surface area contributed by atoms with Crippen molar-refractivity contribution in [2.75, 3.05) is 13.2 Å². The van der Waals surface area contributed by atoms with Crippen LogP contribution < -0.4 is 0 Å². The van der Waals surface area contributed by atoms with Gasteiger partial charge in [-0.25, -0.2) is 4.98 Å². The van der Waals surface area contributed by atoms with Crippen LogP contribution in [-0.2, 0) is 9.47 Å². The van der Waals surface area contributed by atoms with E-state index in [1.165, 1.54) is 0 Å². The largest absolute Gasteiger partial charge is 0.476 e. The molecule has 0 aliphatic heterocycles. The third kappa shape index (κ3) is 5.27. The molecule has 1 atom stereocenters. The number of aromatic nitrogens is 2. The van der Waals surface area contributed by atoms with Crippen molar-refractivity contribution < 1.29 is 9.47 Å². The SMILES string of the molecule is C=C(OCC(OCCCC)c1ccc(Cl)cc1Cl)n1ccnc1. The van der Waals surface area contributed by atoms with E-state index in [0.717, 1.165) is 18.4 Å². The lowest BCUT2D eigenvalue weighted by molar-refractivity contribution is 0.00836. The molecule has 0 saturated heterocycles.